The lowest BCUT2D eigenvalue weighted by Crippen LogP contribution is -2.32. The second kappa shape index (κ2) is 5.86. The Hall–Kier alpha value is -1.17. The van der Waals surface area contributed by atoms with E-state index in [0.717, 1.165) is 16.2 Å². The van der Waals surface area contributed by atoms with Crippen LogP contribution in [0.25, 0.3) is 0 Å². The third-order valence-electron chi connectivity index (χ3n) is 2.91. The molecule has 0 unspecified atom stereocenters. The number of hydrogen-bond donors (Lipinski definition) is 1. The Morgan fingerprint density at radius 1 is 1.32 bits per heavy atom. The summed E-state index contributed by atoms with van der Waals surface area (Å²) in [5, 5.41) is 12.9. The van der Waals surface area contributed by atoms with Gasteiger partial charge in [0.05, 0.1) is 12.9 Å². The molecule has 0 aliphatic carbocycles. The van der Waals surface area contributed by atoms with E-state index in [1.165, 1.54) is 11.3 Å². The van der Waals surface area contributed by atoms with E-state index in [1.807, 2.05) is 29.6 Å². The van der Waals surface area contributed by atoms with Gasteiger partial charge in [0.2, 0.25) is 0 Å². The maximum Gasteiger partial charge on any atom is 0.135 e. The normalized spacial score (nSPS) is 15.7. The Kier molecular flexibility index (Phi) is 4.39. The Labute approximate surface area is 119 Å². The van der Waals surface area contributed by atoms with E-state index < -0.39 is 16.4 Å². The van der Waals surface area contributed by atoms with Gasteiger partial charge in [0.25, 0.3) is 0 Å². The maximum absolute atomic E-state index is 11.6. The van der Waals surface area contributed by atoms with Crippen molar-refractivity contribution in [2.24, 2.45) is 0 Å². The second-order valence-electron chi connectivity index (χ2n) is 4.28. The zero-order valence-electron chi connectivity index (χ0n) is 10.8. The number of benzene rings is 1. The fourth-order valence-corrected chi connectivity index (χ4v) is 3.82. The van der Waals surface area contributed by atoms with Gasteiger partial charge in [0.1, 0.15) is 11.4 Å². The molecule has 0 bridgehead atoms. The van der Waals surface area contributed by atoms with Gasteiger partial charge in [-0.2, -0.15) is 0 Å². The fourth-order valence-electron chi connectivity index (χ4n) is 1.97. The molecule has 2 rings (SSSR count). The minimum absolute atomic E-state index is 0.180. The maximum atomic E-state index is 11.6. The molecule has 2 atom stereocenters. The molecule has 0 aliphatic rings. The summed E-state index contributed by atoms with van der Waals surface area (Å²) in [7, 11) is 0.497. The zero-order valence-corrected chi connectivity index (χ0v) is 12.5. The lowest BCUT2D eigenvalue weighted by molar-refractivity contribution is 0.110. The first kappa shape index (κ1) is 14.2. The van der Waals surface area contributed by atoms with Crippen LogP contribution in [0.15, 0.2) is 41.8 Å². The summed E-state index contributed by atoms with van der Waals surface area (Å²) in [5.41, 5.74) is -0.481. The van der Waals surface area contributed by atoms with Crippen LogP contribution in [-0.4, -0.2) is 28.4 Å². The molecule has 1 aromatic heterocycles. The SMILES string of the molecule is COc1ccc([C@](O)(C[S@](C)=O)c2cccs2)cc1. The molecule has 0 saturated carbocycles. The van der Waals surface area contributed by atoms with Crippen LogP contribution in [0, 0.1) is 0 Å². The van der Waals surface area contributed by atoms with E-state index in [9.17, 15) is 9.32 Å². The lowest BCUT2D eigenvalue weighted by Gasteiger charge is -2.26. The van der Waals surface area contributed by atoms with Crippen molar-refractivity contribution in [1.82, 2.24) is 0 Å². The molecule has 0 amide bonds. The van der Waals surface area contributed by atoms with E-state index in [0.29, 0.717) is 0 Å². The highest BCUT2D eigenvalue weighted by Gasteiger charge is 2.33. The average molecular weight is 296 g/mol. The molecule has 0 spiro atoms. The fraction of sp³-hybridized carbons (Fsp3) is 0.286. The van der Waals surface area contributed by atoms with Gasteiger partial charge in [-0.3, -0.25) is 4.21 Å². The third kappa shape index (κ3) is 3.05. The third-order valence-corrected chi connectivity index (χ3v) is 4.75. The first-order valence-corrected chi connectivity index (χ1v) is 8.38. The van der Waals surface area contributed by atoms with Crippen molar-refractivity contribution in [3.8, 4) is 5.75 Å². The smallest absolute Gasteiger partial charge is 0.135 e. The van der Waals surface area contributed by atoms with Crippen molar-refractivity contribution in [2.75, 3.05) is 19.1 Å². The van der Waals surface area contributed by atoms with Gasteiger partial charge in [0, 0.05) is 21.9 Å². The molecular formula is C14H16O3S2. The van der Waals surface area contributed by atoms with Crippen LogP contribution in [0.5, 0.6) is 5.75 Å². The Morgan fingerprint density at radius 2 is 2.00 bits per heavy atom. The molecule has 1 heterocycles. The monoisotopic (exact) mass is 296 g/mol. The minimum Gasteiger partial charge on any atom is -0.497 e. The van der Waals surface area contributed by atoms with Crippen molar-refractivity contribution in [2.45, 2.75) is 5.60 Å². The standard InChI is InChI=1S/C14H16O3S2/c1-17-12-7-5-11(6-8-12)14(15,10-19(2)16)13-4-3-9-18-13/h3-9,15H,10H2,1-2H3/t14-,19+/m1/s1. The first-order chi connectivity index (χ1) is 9.06. The molecule has 1 aromatic carbocycles. The molecule has 19 heavy (non-hydrogen) atoms. The quantitative estimate of drug-likeness (QED) is 0.921. The topological polar surface area (TPSA) is 46.5 Å². The summed E-state index contributed by atoms with van der Waals surface area (Å²) in [4.78, 5) is 0.799. The number of thiophene rings is 1. The molecule has 0 fully saturated rings. The highest BCUT2D eigenvalue weighted by molar-refractivity contribution is 7.84. The number of ether oxygens (including phenoxy) is 1. The summed E-state index contributed by atoms with van der Waals surface area (Å²) in [6.07, 6.45) is 1.60. The van der Waals surface area contributed by atoms with Crippen LogP contribution in [0.4, 0.5) is 0 Å². The molecule has 5 heteroatoms. The first-order valence-electron chi connectivity index (χ1n) is 5.77. The van der Waals surface area contributed by atoms with Crippen molar-refractivity contribution in [3.63, 3.8) is 0 Å². The predicted octanol–water partition coefficient (Wildman–Crippen LogP) is 2.37. The number of hydrogen-bond acceptors (Lipinski definition) is 4. The molecule has 1 N–H and O–H groups in total. The van der Waals surface area contributed by atoms with Crippen LogP contribution >= 0.6 is 11.3 Å². The van der Waals surface area contributed by atoms with Gasteiger partial charge >= 0.3 is 0 Å². The van der Waals surface area contributed by atoms with E-state index in [4.69, 9.17) is 4.74 Å². The predicted molar refractivity (Wildman–Crippen MR) is 79.2 cm³/mol. The van der Waals surface area contributed by atoms with Gasteiger partial charge in [-0.25, -0.2) is 0 Å². The molecule has 0 radical (unpaired) electrons. The summed E-state index contributed by atoms with van der Waals surface area (Å²) < 4.78 is 16.7. The molecular weight excluding hydrogens is 280 g/mol. The second-order valence-corrected chi connectivity index (χ2v) is 6.67. The minimum atomic E-state index is -1.21. The van der Waals surface area contributed by atoms with Crippen molar-refractivity contribution >= 4 is 22.1 Å². The van der Waals surface area contributed by atoms with Crippen LogP contribution < -0.4 is 4.74 Å². The summed E-state index contributed by atoms with van der Waals surface area (Å²) >= 11 is 1.46. The van der Waals surface area contributed by atoms with Crippen LogP contribution in [0.3, 0.4) is 0 Å². The molecule has 2 aromatic rings. The average Bonchev–Trinajstić information content (AvgIpc) is 2.92. The summed E-state index contributed by atoms with van der Waals surface area (Å²) in [6, 6.07) is 11.0. The van der Waals surface area contributed by atoms with Gasteiger partial charge in [0.15, 0.2) is 0 Å². The Balaban J connectivity index is 2.44. The molecule has 0 saturated heterocycles. The van der Waals surface area contributed by atoms with E-state index in [-0.39, 0.29) is 5.75 Å². The highest BCUT2D eigenvalue weighted by Crippen LogP contribution is 2.34. The van der Waals surface area contributed by atoms with Crippen molar-refractivity contribution in [3.05, 3.63) is 52.2 Å². The van der Waals surface area contributed by atoms with E-state index >= 15 is 0 Å². The van der Waals surface area contributed by atoms with Crippen LogP contribution in [0.1, 0.15) is 10.4 Å². The molecule has 102 valence electrons. The number of aliphatic hydroxyl groups is 1. The van der Waals surface area contributed by atoms with Crippen LogP contribution in [0.2, 0.25) is 0 Å². The number of rotatable bonds is 5. The van der Waals surface area contributed by atoms with Gasteiger partial charge in [-0.15, -0.1) is 11.3 Å². The van der Waals surface area contributed by atoms with Gasteiger partial charge < -0.3 is 9.84 Å². The highest BCUT2D eigenvalue weighted by atomic mass is 32.2. The van der Waals surface area contributed by atoms with E-state index in [2.05, 4.69) is 0 Å². The summed E-state index contributed by atoms with van der Waals surface area (Å²) in [5.74, 6) is 0.912. The van der Waals surface area contributed by atoms with Gasteiger partial charge in [-0.05, 0) is 29.1 Å². The van der Waals surface area contributed by atoms with Crippen molar-refractivity contribution in [1.29, 1.82) is 0 Å². The van der Waals surface area contributed by atoms with Crippen molar-refractivity contribution < 1.29 is 14.1 Å². The van der Waals surface area contributed by atoms with E-state index in [1.54, 1.807) is 25.5 Å². The Morgan fingerprint density at radius 3 is 2.47 bits per heavy atom. The van der Waals surface area contributed by atoms with Gasteiger partial charge in [-0.1, -0.05) is 18.2 Å². The number of methoxy groups -OCH3 is 1. The van der Waals surface area contributed by atoms with Crippen LogP contribution in [-0.2, 0) is 16.4 Å². The molecule has 0 aliphatic heterocycles. The molecule has 3 nitrogen and oxygen atoms in total. The zero-order chi connectivity index (χ0) is 13.9. The lowest BCUT2D eigenvalue weighted by atomic mass is 9.94. The largest absolute Gasteiger partial charge is 0.497 e. The summed E-state index contributed by atoms with van der Waals surface area (Å²) in [6.45, 7) is 0. The Bertz CT molecular complexity index is 549.